The Kier molecular flexibility index (Phi) is 3.70. The lowest BCUT2D eigenvalue weighted by Gasteiger charge is -2.22. The van der Waals surface area contributed by atoms with Crippen LogP contribution in [0.1, 0.15) is 26.2 Å². The van der Waals surface area contributed by atoms with Crippen molar-refractivity contribution in [3.05, 3.63) is 0 Å². The second kappa shape index (κ2) is 4.39. The molecule has 1 N–H and O–H groups in total. The molecule has 13 heavy (non-hydrogen) atoms. The normalized spacial score (nSPS) is 22.0. The van der Waals surface area contributed by atoms with Crippen LogP contribution in [0.4, 0.5) is 0 Å². The number of sulfone groups is 1. The minimum Gasteiger partial charge on any atom is -0.243 e. The highest BCUT2D eigenvalue weighted by Gasteiger charge is 2.22. The number of hydrogen-bond donors (Lipinski definition) is 1. The summed E-state index contributed by atoms with van der Waals surface area (Å²) in [7, 11) is -2.96. The maximum absolute atomic E-state index is 11.3. The minimum atomic E-state index is -2.96. The zero-order chi connectivity index (χ0) is 9.90. The first-order valence-electron chi connectivity index (χ1n) is 4.74. The fraction of sp³-hybridized carbons (Fsp3) is 1.00. The van der Waals surface area contributed by atoms with Gasteiger partial charge in [-0.1, -0.05) is 6.92 Å². The van der Waals surface area contributed by atoms with Gasteiger partial charge < -0.3 is 0 Å². The monoisotopic (exact) mass is 206 g/mol. The van der Waals surface area contributed by atoms with Gasteiger partial charge in [0.25, 0.3) is 0 Å². The lowest BCUT2D eigenvalue weighted by Crippen LogP contribution is -2.46. The van der Waals surface area contributed by atoms with Crippen LogP contribution in [0.3, 0.4) is 0 Å². The molecule has 1 unspecified atom stereocenters. The number of hydrazine groups is 1. The molecule has 0 aromatic rings. The molecule has 0 aliphatic carbocycles. The van der Waals surface area contributed by atoms with E-state index < -0.39 is 15.2 Å². The van der Waals surface area contributed by atoms with Crippen LogP contribution in [-0.2, 0) is 9.84 Å². The van der Waals surface area contributed by atoms with Gasteiger partial charge in [-0.15, -0.1) is 0 Å². The van der Waals surface area contributed by atoms with E-state index in [9.17, 15) is 8.42 Å². The Labute approximate surface area is 80.2 Å². The standard InChI is InChI=1S/C8H18N2O2S/c1-3-8(13(2,11)12)9-10-6-4-5-7-10/h8-9H,3-7H2,1-2H3. The van der Waals surface area contributed by atoms with Crippen LogP contribution in [0, 0.1) is 0 Å². The minimum absolute atomic E-state index is 0.411. The molecule has 0 aromatic heterocycles. The molecule has 1 atom stereocenters. The summed E-state index contributed by atoms with van der Waals surface area (Å²) in [6.07, 6.45) is 4.22. The first kappa shape index (κ1) is 10.9. The Morgan fingerprint density at radius 2 is 1.92 bits per heavy atom. The number of nitrogens with zero attached hydrogens (tertiary/aromatic N) is 1. The van der Waals surface area contributed by atoms with Crippen molar-refractivity contribution < 1.29 is 8.42 Å². The zero-order valence-electron chi connectivity index (χ0n) is 8.28. The molecule has 0 bridgehead atoms. The lowest BCUT2D eigenvalue weighted by atomic mass is 10.4. The van der Waals surface area contributed by atoms with E-state index in [0.717, 1.165) is 25.9 Å². The van der Waals surface area contributed by atoms with E-state index in [1.807, 2.05) is 11.9 Å². The fourth-order valence-corrected chi connectivity index (χ4v) is 2.49. The summed E-state index contributed by atoms with van der Waals surface area (Å²) >= 11 is 0. The molecule has 0 saturated carbocycles. The summed E-state index contributed by atoms with van der Waals surface area (Å²) < 4.78 is 22.5. The molecule has 0 aromatic carbocycles. The second-order valence-corrected chi connectivity index (χ2v) is 5.78. The van der Waals surface area contributed by atoms with Crippen molar-refractivity contribution in [1.82, 2.24) is 10.4 Å². The second-order valence-electron chi connectivity index (χ2n) is 3.55. The van der Waals surface area contributed by atoms with Crippen molar-refractivity contribution in [2.45, 2.75) is 31.6 Å². The van der Waals surface area contributed by atoms with Crippen LogP contribution in [0.5, 0.6) is 0 Å². The molecule has 78 valence electrons. The van der Waals surface area contributed by atoms with Crippen LogP contribution in [0.2, 0.25) is 0 Å². The van der Waals surface area contributed by atoms with Gasteiger partial charge in [-0.2, -0.15) is 0 Å². The van der Waals surface area contributed by atoms with Crippen LogP contribution < -0.4 is 5.43 Å². The first-order chi connectivity index (χ1) is 6.04. The predicted molar refractivity (Wildman–Crippen MR) is 52.9 cm³/mol. The van der Waals surface area contributed by atoms with Gasteiger partial charge in [0, 0.05) is 19.3 Å². The van der Waals surface area contributed by atoms with Gasteiger partial charge in [0.15, 0.2) is 9.84 Å². The van der Waals surface area contributed by atoms with Crippen molar-refractivity contribution in [2.75, 3.05) is 19.3 Å². The van der Waals surface area contributed by atoms with E-state index in [0.29, 0.717) is 6.42 Å². The number of rotatable bonds is 4. The third-order valence-electron chi connectivity index (χ3n) is 2.32. The highest BCUT2D eigenvalue weighted by Crippen LogP contribution is 2.08. The topological polar surface area (TPSA) is 49.4 Å². The van der Waals surface area contributed by atoms with Crippen molar-refractivity contribution in [3.63, 3.8) is 0 Å². The first-order valence-corrected chi connectivity index (χ1v) is 6.69. The summed E-state index contributed by atoms with van der Waals surface area (Å²) in [6.45, 7) is 3.81. The quantitative estimate of drug-likeness (QED) is 0.722. The molecule has 0 amide bonds. The average molecular weight is 206 g/mol. The molecule has 4 nitrogen and oxygen atoms in total. The van der Waals surface area contributed by atoms with Gasteiger partial charge in [-0.05, 0) is 19.3 Å². The van der Waals surface area contributed by atoms with Crippen LogP contribution in [0.25, 0.3) is 0 Å². The molecule has 1 heterocycles. The Hall–Kier alpha value is -0.130. The van der Waals surface area contributed by atoms with E-state index in [4.69, 9.17) is 0 Å². The van der Waals surface area contributed by atoms with Crippen LogP contribution >= 0.6 is 0 Å². The number of hydrogen-bond acceptors (Lipinski definition) is 4. The average Bonchev–Trinajstić information content (AvgIpc) is 2.49. The summed E-state index contributed by atoms with van der Waals surface area (Å²) in [5.74, 6) is 0. The molecular formula is C8H18N2O2S. The van der Waals surface area contributed by atoms with E-state index >= 15 is 0 Å². The van der Waals surface area contributed by atoms with Crippen LogP contribution in [-0.4, -0.2) is 38.1 Å². The Morgan fingerprint density at radius 1 is 1.38 bits per heavy atom. The van der Waals surface area contributed by atoms with Crippen molar-refractivity contribution in [1.29, 1.82) is 0 Å². The predicted octanol–water partition coefficient (Wildman–Crippen LogP) is 0.368. The Balaban J connectivity index is 2.48. The molecule has 5 heteroatoms. The highest BCUT2D eigenvalue weighted by molar-refractivity contribution is 7.91. The molecular weight excluding hydrogens is 188 g/mol. The summed E-state index contributed by atoms with van der Waals surface area (Å²) in [5.41, 5.74) is 3.05. The third kappa shape index (κ3) is 3.25. The lowest BCUT2D eigenvalue weighted by molar-refractivity contribution is 0.221. The van der Waals surface area contributed by atoms with Crippen molar-refractivity contribution in [3.8, 4) is 0 Å². The fourth-order valence-electron chi connectivity index (χ4n) is 1.54. The largest absolute Gasteiger partial charge is 0.243 e. The molecule has 1 rings (SSSR count). The highest BCUT2D eigenvalue weighted by atomic mass is 32.2. The van der Waals surface area contributed by atoms with E-state index in [-0.39, 0.29) is 0 Å². The van der Waals surface area contributed by atoms with Gasteiger partial charge in [0.2, 0.25) is 0 Å². The molecule has 0 spiro atoms. The molecule has 1 saturated heterocycles. The van der Waals surface area contributed by atoms with Crippen molar-refractivity contribution >= 4 is 9.84 Å². The Morgan fingerprint density at radius 3 is 2.31 bits per heavy atom. The van der Waals surface area contributed by atoms with Crippen molar-refractivity contribution in [2.24, 2.45) is 0 Å². The van der Waals surface area contributed by atoms with Gasteiger partial charge in [-0.25, -0.2) is 18.9 Å². The Bertz CT molecular complexity index is 245. The van der Waals surface area contributed by atoms with Gasteiger partial charge in [0.05, 0.1) is 0 Å². The smallest absolute Gasteiger partial charge is 0.164 e. The zero-order valence-corrected chi connectivity index (χ0v) is 9.10. The third-order valence-corrected chi connectivity index (χ3v) is 3.79. The molecule has 1 fully saturated rings. The van der Waals surface area contributed by atoms with E-state index in [1.165, 1.54) is 6.26 Å². The maximum Gasteiger partial charge on any atom is 0.164 e. The molecule has 1 aliphatic rings. The SMILES string of the molecule is CCC(NN1CCCC1)S(C)(=O)=O. The summed E-state index contributed by atoms with van der Waals surface area (Å²) in [5, 5.41) is 1.60. The maximum atomic E-state index is 11.3. The number of nitrogens with one attached hydrogen (secondary N) is 1. The van der Waals surface area contributed by atoms with E-state index in [1.54, 1.807) is 0 Å². The summed E-state index contributed by atoms with van der Waals surface area (Å²) in [4.78, 5) is 0. The van der Waals surface area contributed by atoms with Crippen LogP contribution in [0.15, 0.2) is 0 Å². The summed E-state index contributed by atoms with van der Waals surface area (Å²) in [6, 6.07) is 0. The molecule has 0 radical (unpaired) electrons. The van der Waals surface area contributed by atoms with Gasteiger partial charge in [0.1, 0.15) is 5.37 Å². The van der Waals surface area contributed by atoms with E-state index in [2.05, 4.69) is 5.43 Å². The van der Waals surface area contributed by atoms with Gasteiger partial charge in [-0.3, -0.25) is 0 Å². The molecule has 1 aliphatic heterocycles. The van der Waals surface area contributed by atoms with Gasteiger partial charge >= 0.3 is 0 Å².